The smallest absolute Gasteiger partial charge is 0.248 e. The zero-order valence-corrected chi connectivity index (χ0v) is 18.3. The van der Waals surface area contributed by atoms with Gasteiger partial charge in [0.1, 0.15) is 0 Å². The van der Waals surface area contributed by atoms with E-state index in [-0.39, 0.29) is 42.5 Å². The number of carbonyl (C=O) groups is 2. The van der Waals surface area contributed by atoms with Crippen molar-refractivity contribution in [2.75, 3.05) is 38.5 Å². The number of amides is 2. The molecule has 1 spiro atoms. The van der Waals surface area contributed by atoms with Crippen LogP contribution < -0.4 is 11.1 Å². The lowest BCUT2D eigenvalue weighted by molar-refractivity contribution is -0.135. The lowest BCUT2D eigenvalue weighted by Crippen LogP contribution is -2.51. The molecule has 1 aromatic carbocycles. The van der Waals surface area contributed by atoms with Gasteiger partial charge in [0.2, 0.25) is 17.7 Å². The molecule has 2 saturated carbocycles. The van der Waals surface area contributed by atoms with Gasteiger partial charge in [-0.25, -0.2) is 8.78 Å². The average molecular weight is 455 g/mol. The van der Waals surface area contributed by atoms with Crippen LogP contribution >= 0.6 is 11.6 Å². The van der Waals surface area contributed by atoms with E-state index in [4.69, 9.17) is 17.3 Å². The highest BCUT2D eigenvalue weighted by Crippen LogP contribution is 2.63. The number of anilines is 1. The van der Waals surface area contributed by atoms with Gasteiger partial charge < -0.3 is 16.0 Å². The fraction of sp³-hybridized carbons (Fsp3) is 0.636. The fourth-order valence-electron chi connectivity index (χ4n) is 4.96. The fourth-order valence-corrected chi connectivity index (χ4v) is 5.23. The van der Waals surface area contributed by atoms with E-state index in [0.29, 0.717) is 49.6 Å². The normalized spacial score (nSPS) is 24.7. The number of alkyl halides is 2. The number of benzene rings is 1. The lowest BCUT2D eigenvalue weighted by Gasteiger charge is -2.35. The van der Waals surface area contributed by atoms with Crippen molar-refractivity contribution in [1.82, 2.24) is 15.1 Å². The first-order chi connectivity index (χ1) is 14.7. The standard InChI is InChI=1S/C22H29ClF2N4O2/c23-16-9-15(10-17(26)11-16)14-28-5-7-29(8-6-28)19(30)13-27-20(31)18-12-21(18)1-3-22(24,25)4-2-21/h9-11,18H,1-8,12-14,26H2,(H,27,31). The first kappa shape index (κ1) is 22.3. The van der Waals surface area contributed by atoms with Crippen LogP contribution in [0.4, 0.5) is 14.5 Å². The quantitative estimate of drug-likeness (QED) is 0.670. The van der Waals surface area contributed by atoms with Crippen LogP contribution in [0.3, 0.4) is 0 Å². The number of rotatable bonds is 5. The van der Waals surface area contributed by atoms with Crippen molar-refractivity contribution in [2.24, 2.45) is 11.3 Å². The van der Waals surface area contributed by atoms with E-state index in [2.05, 4.69) is 10.2 Å². The molecule has 2 amide bonds. The summed E-state index contributed by atoms with van der Waals surface area (Å²) in [5, 5.41) is 3.35. The van der Waals surface area contributed by atoms with Crippen molar-refractivity contribution in [3.8, 4) is 0 Å². The zero-order valence-electron chi connectivity index (χ0n) is 17.5. The number of hydrogen-bond acceptors (Lipinski definition) is 4. The Morgan fingerprint density at radius 1 is 1.10 bits per heavy atom. The first-order valence-corrected chi connectivity index (χ1v) is 11.2. The minimum atomic E-state index is -2.59. The average Bonchev–Trinajstić information content (AvgIpc) is 3.43. The summed E-state index contributed by atoms with van der Waals surface area (Å²) in [5.74, 6) is -3.09. The Kier molecular flexibility index (Phi) is 6.14. The molecule has 6 nitrogen and oxygen atoms in total. The van der Waals surface area contributed by atoms with Gasteiger partial charge in [0.25, 0.3) is 0 Å². The molecule has 1 aromatic rings. The molecule has 3 aliphatic rings. The van der Waals surface area contributed by atoms with Crippen molar-refractivity contribution < 1.29 is 18.4 Å². The van der Waals surface area contributed by atoms with Crippen LogP contribution in [-0.4, -0.2) is 60.3 Å². The van der Waals surface area contributed by atoms with Crippen molar-refractivity contribution in [2.45, 2.75) is 44.6 Å². The maximum Gasteiger partial charge on any atom is 0.248 e. The van der Waals surface area contributed by atoms with Gasteiger partial charge in [-0.1, -0.05) is 11.6 Å². The van der Waals surface area contributed by atoms with E-state index in [0.717, 1.165) is 18.7 Å². The third-order valence-electron chi connectivity index (χ3n) is 7.01. The summed E-state index contributed by atoms with van der Waals surface area (Å²) in [6.45, 7) is 3.32. The van der Waals surface area contributed by atoms with E-state index in [1.54, 1.807) is 11.0 Å². The maximum atomic E-state index is 13.4. The highest BCUT2D eigenvalue weighted by atomic mass is 35.5. The van der Waals surface area contributed by atoms with E-state index in [1.165, 1.54) is 0 Å². The minimum absolute atomic E-state index is 0.0353. The molecular formula is C22H29ClF2N4O2. The van der Waals surface area contributed by atoms with Crippen LogP contribution in [0.2, 0.25) is 5.02 Å². The Hall–Kier alpha value is -1.93. The molecule has 1 aliphatic heterocycles. The number of nitrogens with two attached hydrogens (primary N) is 1. The van der Waals surface area contributed by atoms with Gasteiger partial charge in [-0.3, -0.25) is 14.5 Å². The maximum absolute atomic E-state index is 13.4. The topological polar surface area (TPSA) is 78.7 Å². The van der Waals surface area contributed by atoms with Crippen LogP contribution in [0.25, 0.3) is 0 Å². The van der Waals surface area contributed by atoms with Crippen LogP contribution in [0.5, 0.6) is 0 Å². The highest BCUT2D eigenvalue weighted by molar-refractivity contribution is 6.30. The van der Waals surface area contributed by atoms with Gasteiger partial charge in [-0.05, 0) is 48.4 Å². The Morgan fingerprint density at radius 3 is 2.42 bits per heavy atom. The van der Waals surface area contributed by atoms with Crippen LogP contribution in [0.15, 0.2) is 18.2 Å². The molecule has 1 atom stereocenters. The summed E-state index contributed by atoms with van der Waals surface area (Å²) in [6.07, 6.45) is 1.18. The second-order valence-corrected chi connectivity index (χ2v) is 9.68. The van der Waals surface area contributed by atoms with E-state index < -0.39 is 5.92 Å². The molecule has 3 N–H and O–H groups in total. The second kappa shape index (κ2) is 8.54. The first-order valence-electron chi connectivity index (χ1n) is 10.9. The molecule has 1 heterocycles. The molecule has 4 rings (SSSR count). The number of halogens is 3. The largest absolute Gasteiger partial charge is 0.399 e. The van der Waals surface area contributed by atoms with Crippen molar-refractivity contribution in [3.05, 3.63) is 28.8 Å². The van der Waals surface area contributed by atoms with Crippen molar-refractivity contribution in [3.63, 3.8) is 0 Å². The van der Waals surface area contributed by atoms with Gasteiger partial charge in [-0.15, -0.1) is 0 Å². The predicted molar refractivity (Wildman–Crippen MR) is 115 cm³/mol. The summed E-state index contributed by atoms with van der Waals surface area (Å²) < 4.78 is 26.8. The van der Waals surface area contributed by atoms with Gasteiger partial charge in [0.15, 0.2) is 0 Å². The van der Waals surface area contributed by atoms with Gasteiger partial charge in [-0.2, -0.15) is 0 Å². The van der Waals surface area contributed by atoms with E-state index >= 15 is 0 Å². The van der Waals surface area contributed by atoms with E-state index in [1.807, 2.05) is 12.1 Å². The molecule has 9 heteroatoms. The molecular weight excluding hydrogens is 426 g/mol. The van der Waals surface area contributed by atoms with Gasteiger partial charge >= 0.3 is 0 Å². The summed E-state index contributed by atoms with van der Waals surface area (Å²) >= 11 is 6.06. The number of nitrogens with one attached hydrogen (secondary N) is 1. The molecule has 1 unspecified atom stereocenters. The number of piperazine rings is 1. The Morgan fingerprint density at radius 2 is 1.77 bits per heavy atom. The summed E-state index contributed by atoms with van der Waals surface area (Å²) in [5.41, 5.74) is 7.25. The summed E-state index contributed by atoms with van der Waals surface area (Å²) in [4.78, 5) is 28.9. The van der Waals surface area contributed by atoms with Crippen LogP contribution in [0.1, 0.15) is 37.7 Å². The lowest BCUT2D eigenvalue weighted by atomic mass is 9.82. The monoisotopic (exact) mass is 454 g/mol. The molecule has 2 aliphatic carbocycles. The Labute approximate surface area is 186 Å². The molecule has 1 saturated heterocycles. The Balaban J connectivity index is 1.18. The number of carbonyl (C=O) groups excluding carboxylic acids is 2. The SMILES string of the molecule is Nc1cc(Cl)cc(CN2CCN(C(=O)CNC(=O)C3CC34CCC(F)(F)CC4)CC2)c1. The molecule has 31 heavy (non-hydrogen) atoms. The van der Waals surface area contributed by atoms with Crippen LogP contribution in [0, 0.1) is 11.3 Å². The van der Waals surface area contributed by atoms with Crippen molar-refractivity contribution in [1.29, 1.82) is 0 Å². The molecule has 0 radical (unpaired) electrons. The van der Waals surface area contributed by atoms with E-state index in [9.17, 15) is 18.4 Å². The number of hydrogen-bond donors (Lipinski definition) is 2. The predicted octanol–water partition coefficient (Wildman–Crippen LogP) is 2.90. The second-order valence-electron chi connectivity index (χ2n) is 9.24. The van der Waals surface area contributed by atoms with Crippen LogP contribution in [-0.2, 0) is 16.1 Å². The molecule has 0 bridgehead atoms. The minimum Gasteiger partial charge on any atom is -0.399 e. The van der Waals surface area contributed by atoms with Gasteiger partial charge in [0, 0.05) is 62.2 Å². The number of nitrogen functional groups attached to an aromatic ring is 1. The zero-order chi connectivity index (χ0) is 22.2. The van der Waals surface area contributed by atoms with Gasteiger partial charge in [0.05, 0.1) is 6.54 Å². The number of nitrogens with zero attached hydrogens (tertiary/aromatic N) is 2. The van der Waals surface area contributed by atoms with Crippen molar-refractivity contribution >= 4 is 29.1 Å². The molecule has 3 fully saturated rings. The molecule has 170 valence electrons. The molecule has 0 aromatic heterocycles. The third-order valence-corrected chi connectivity index (χ3v) is 7.23. The third kappa shape index (κ3) is 5.29. The summed E-state index contributed by atoms with van der Waals surface area (Å²) in [6, 6.07) is 5.50. The summed E-state index contributed by atoms with van der Waals surface area (Å²) in [7, 11) is 0. The Bertz CT molecular complexity index is 828. The highest BCUT2D eigenvalue weighted by Gasteiger charge is 2.60.